The molecule has 12 heteroatoms. The van der Waals surface area contributed by atoms with Gasteiger partial charge in [-0.1, -0.05) is 19.1 Å². The lowest BCUT2D eigenvalue weighted by molar-refractivity contribution is -0.139. The Morgan fingerprint density at radius 1 is 1.24 bits per heavy atom. The minimum absolute atomic E-state index is 0.00907. The molecule has 0 radical (unpaired) electrons. The third-order valence-electron chi connectivity index (χ3n) is 5.44. The van der Waals surface area contributed by atoms with Crippen molar-refractivity contribution in [2.45, 2.75) is 32.4 Å². The maximum absolute atomic E-state index is 13.7. The van der Waals surface area contributed by atoms with Crippen molar-refractivity contribution in [3.05, 3.63) is 58.8 Å². The highest BCUT2D eigenvalue weighted by molar-refractivity contribution is 7.13. The van der Waals surface area contributed by atoms with Crippen LogP contribution in [-0.4, -0.2) is 50.9 Å². The van der Waals surface area contributed by atoms with E-state index in [1.54, 1.807) is 0 Å². The second-order valence-electron chi connectivity index (χ2n) is 7.87. The summed E-state index contributed by atoms with van der Waals surface area (Å²) in [5, 5.41) is 12.3. The Morgan fingerprint density at radius 3 is 2.71 bits per heavy atom. The molecule has 178 valence electrons. The van der Waals surface area contributed by atoms with Crippen molar-refractivity contribution in [3.8, 4) is 10.8 Å². The number of thiophene rings is 1. The first kappa shape index (κ1) is 23.5. The Morgan fingerprint density at radius 2 is 2.03 bits per heavy atom. The predicted molar refractivity (Wildman–Crippen MR) is 117 cm³/mol. The van der Waals surface area contributed by atoms with Crippen molar-refractivity contribution in [1.82, 2.24) is 25.3 Å². The summed E-state index contributed by atoms with van der Waals surface area (Å²) < 4.78 is 32.7. The van der Waals surface area contributed by atoms with Gasteiger partial charge in [-0.05, 0) is 42.5 Å². The summed E-state index contributed by atoms with van der Waals surface area (Å²) >= 11 is 1.44. The maximum Gasteiger partial charge on any atom is 0.325 e. The van der Waals surface area contributed by atoms with Crippen molar-refractivity contribution in [2.24, 2.45) is 0 Å². The van der Waals surface area contributed by atoms with Gasteiger partial charge in [-0.3, -0.25) is 14.5 Å². The first-order chi connectivity index (χ1) is 16.2. The number of hydrogen-bond acceptors (Lipinski definition) is 7. The average Bonchev–Trinajstić information content (AvgIpc) is 3.53. The fourth-order valence-corrected chi connectivity index (χ4v) is 4.27. The van der Waals surface area contributed by atoms with Gasteiger partial charge < -0.3 is 14.6 Å². The SMILES string of the molecule is CCCN(Cc1nnc(-c2cccs2)o1)C(=O)CN1C(=O)N[C@@](C)(c2ccc(F)c(F)c2)C1=O. The Labute approximate surface area is 197 Å². The molecule has 1 fully saturated rings. The molecule has 3 heterocycles. The number of amides is 4. The van der Waals surface area contributed by atoms with Crippen LogP contribution in [0.5, 0.6) is 0 Å². The smallest absolute Gasteiger partial charge is 0.325 e. The number of carbonyl (C=O) groups excluding carboxylic acids is 3. The molecule has 0 unspecified atom stereocenters. The summed E-state index contributed by atoms with van der Waals surface area (Å²) in [7, 11) is 0. The summed E-state index contributed by atoms with van der Waals surface area (Å²) in [4.78, 5) is 41.6. The molecule has 0 aliphatic carbocycles. The molecule has 0 saturated carbocycles. The molecule has 4 amide bonds. The average molecular weight is 490 g/mol. The number of benzene rings is 1. The molecule has 1 aliphatic rings. The van der Waals surface area contributed by atoms with E-state index in [0.717, 1.165) is 21.9 Å². The summed E-state index contributed by atoms with van der Waals surface area (Å²) in [6, 6.07) is 5.82. The Bertz CT molecular complexity index is 1230. The van der Waals surface area contributed by atoms with Crippen LogP contribution in [0.15, 0.2) is 40.1 Å². The molecule has 2 aromatic heterocycles. The zero-order chi connectivity index (χ0) is 24.5. The van der Waals surface area contributed by atoms with Crippen LogP contribution in [0.3, 0.4) is 0 Å². The molecule has 34 heavy (non-hydrogen) atoms. The van der Waals surface area contributed by atoms with Crippen LogP contribution in [0.25, 0.3) is 10.8 Å². The van der Waals surface area contributed by atoms with Crippen LogP contribution < -0.4 is 5.32 Å². The monoisotopic (exact) mass is 489 g/mol. The van der Waals surface area contributed by atoms with Crippen LogP contribution in [0.4, 0.5) is 13.6 Å². The summed E-state index contributed by atoms with van der Waals surface area (Å²) in [6.07, 6.45) is 0.615. The topological polar surface area (TPSA) is 109 Å². The first-order valence-corrected chi connectivity index (χ1v) is 11.3. The summed E-state index contributed by atoms with van der Waals surface area (Å²) in [5.74, 6) is -2.92. The van der Waals surface area contributed by atoms with Gasteiger partial charge in [-0.2, -0.15) is 0 Å². The molecule has 9 nitrogen and oxygen atoms in total. The highest BCUT2D eigenvalue weighted by atomic mass is 32.1. The molecular weight excluding hydrogens is 468 g/mol. The molecule has 1 atom stereocenters. The maximum atomic E-state index is 13.7. The molecule has 0 spiro atoms. The Hall–Kier alpha value is -3.67. The number of aromatic nitrogens is 2. The molecule has 1 N–H and O–H groups in total. The predicted octanol–water partition coefficient (Wildman–Crippen LogP) is 3.28. The molecule has 1 saturated heterocycles. The summed E-state index contributed by atoms with van der Waals surface area (Å²) in [6.45, 7) is 3.06. The summed E-state index contributed by atoms with van der Waals surface area (Å²) in [5.41, 5.74) is -1.57. The lowest BCUT2D eigenvalue weighted by Gasteiger charge is -2.24. The zero-order valence-electron chi connectivity index (χ0n) is 18.4. The van der Waals surface area contributed by atoms with E-state index in [2.05, 4.69) is 15.5 Å². The number of carbonyl (C=O) groups is 3. The lowest BCUT2D eigenvalue weighted by Crippen LogP contribution is -2.44. The number of halogens is 2. The van der Waals surface area contributed by atoms with Crippen molar-refractivity contribution >= 4 is 29.2 Å². The quantitative estimate of drug-likeness (QED) is 0.487. The highest BCUT2D eigenvalue weighted by Crippen LogP contribution is 2.30. The first-order valence-electron chi connectivity index (χ1n) is 10.5. The zero-order valence-corrected chi connectivity index (χ0v) is 19.2. The van der Waals surface area contributed by atoms with Crippen LogP contribution >= 0.6 is 11.3 Å². The van der Waals surface area contributed by atoms with Crippen molar-refractivity contribution < 1.29 is 27.6 Å². The van der Waals surface area contributed by atoms with Crippen LogP contribution in [0, 0.1) is 11.6 Å². The lowest BCUT2D eigenvalue weighted by atomic mass is 9.92. The number of imide groups is 1. The van der Waals surface area contributed by atoms with E-state index in [9.17, 15) is 23.2 Å². The second kappa shape index (κ2) is 9.29. The van der Waals surface area contributed by atoms with Crippen LogP contribution in [-0.2, 0) is 21.7 Å². The molecule has 1 aromatic carbocycles. The van der Waals surface area contributed by atoms with Crippen LogP contribution in [0.2, 0.25) is 0 Å². The number of rotatable bonds is 8. The molecule has 3 aromatic rings. The van der Waals surface area contributed by atoms with Gasteiger partial charge >= 0.3 is 6.03 Å². The molecule has 0 bridgehead atoms. The largest absolute Gasteiger partial charge is 0.418 e. The normalized spacial score (nSPS) is 17.8. The number of nitrogens with zero attached hydrogens (tertiary/aromatic N) is 4. The van der Waals surface area contributed by atoms with E-state index in [1.807, 2.05) is 24.4 Å². The third-order valence-corrected chi connectivity index (χ3v) is 6.29. The minimum atomic E-state index is -1.64. The van der Waals surface area contributed by atoms with E-state index >= 15 is 0 Å². The molecule has 1 aliphatic heterocycles. The van der Waals surface area contributed by atoms with Gasteiger partial charge in [0.05, 0.1) is 11.4 Å². The van der Waals surface area contributed by atoms with Crippen molar-refractivity contribution in [1.29, 1.82) is 0 Å². The van der Waals surface area contributed by atoms with Gasteiger partial charge in [0.25, 0.3) is 11.8 Å². The van der Waals surface area contributed by atoms with E-state index in [-0.39, 0.29) is 18.0 Å². The molecular formula is C22H21F2N5O4S. The van der Waals surface area contributed by atoms with Gasteiger partial charge in [0.1, 0.15) is 12.1 Å². The number of hydrogen-bond donors (Lipinski definition) is 1. The fraction of sp³-hybridized carbons (Fsp3) is 0.318. The second-order valence-corrected chi connectivity index (χ2v) is 8.82. The minimum Gasteiger partial charge on any atom is -0.418 e. The van der Waals surface area contributed by atoms with E-state index in [1.165, 1.54) is 29.2 Å². The third kappa shape index (κ3) is 4.40. The Balaban J connectivity index is 1.48. The van der Waals surface area contributed by atoms with Crippen molar-refractivity contribution in [2.75, 3.05) is 13.1 Å². The Kier molecular flexibility index (Phi) is 6.42. The van der Waals surface area contributed by atoms with Crippen LogP contribution in [0.1, 0.15) is 31.7 Å². The van der Waals surface area contributed by atoms with E-state index in [4.69, 9.17) is 4.42 Å². The van der Waals surface area contributed by atoms with Crippen molar-refractivity contribution in [3.63, 3.8) is 0 Å². The highest BCUT2D eigenvalue weighted by Gasteiger charge is 2.50. The van der Waals surface area contributed by atoms with Gasteiger partial charge in [-0.15, -0.1) is 21.5 Å². The number of nitrogens with one attached hydrogen (secondary N) is 1. The van der Waals surface area contributed by atoms with E-state index < -0.39 is 41.6 Å². The van der Waals surface area contributed by atoms with Gasteiger partial charge in [0.15, 0.2) is 11.6 Å². The number of urea groups is 1. The van der Waals surface area contributed by atoms with Gasteiger partial charge in [-0.25, -0.2) is 13.6 Å². The van der Waals surface area contributed by atoms with Gasteiger partial charge in [0.2, 0.25) is 11.8 Å². The van der Waals surface area contributed by atoms with E-state index in [0.29, 0.717) is 18.9 Å². The molecule has 4 rings (SSSR count). The standard InChI is InChI=1S/C22H21F2N5O4S/c1-3-8-28(11-17-26-27-19(33-17)16-5-4-9-34-16)18(30)12-29-20(31)22(2,25-21(29)32)13-6-7-14(23)15(24)10-13/h4-7,9-10H,3,8,11-12H2,1-2H3,(H,25,32)/t22-/m0/s1. The van der Waals surface area contributed by atoms with Gasteiger partial charge in [0, 0.05) is 6.54 Å². The fourth-order valence-electron chi connectivity index (χ4n) is 3.62.